The highest BCUT2D eigenvalue weighted by Gasteiger charge is 2.42. The van der Waals surface area contributed by atoms with Gasteiger partial charge in [0, 0.05) is 21.7 Å². The lowest BCUT2D eigenvalue weighted by molar-refractivity contribution is 0.509. The highest BCUT2D eigenvalue weighted by molar-refractivity contribution is 6.02. The van der Waals surface area contributed by atoms with E-state index in [1.54, 1.807) is 0 Å². The van der Waals surface area contributed by atoms with Crippen molar-refractivity contribution in [3.8, 4) is 100 Å². The Bertz CT molecular complexity index is 6670. The smallest absolute Gasteiger partial charge is 0.0817 e. The van der Waals surface area contributed by atoms with Gasteiger partial charge >= 0.3 is 0 Å². The third-order valence-corrected chi connectivity index (χ3v) is 26.4. The second kappa shape index (κ2) is 28.1. The van der Waals surface area contributed by atoms with Crippen LogP contribution in [0.5, 0.6) is 0 Å². The molecule has 4 atom stereocenters. The molecule has 0 saturated heterocycles. The summed E-state index contributed by atoms with van der Waals surface area (Å²) in [5.41, 5.74) is 53.3. The van der Waals surface area contributed by atoms with Crippen molar-refractivity contribution in [1.29, 1.82) is 0 Å². The van der Waals surface area contributed by atoms with Gasteiger partial charge in [0.05, 0.1) is 24.4 Å². The van der Waals surface area contributed by atoms with Crippen LogP contribution in [0.3, 0.4) is 0 Å². The molecule has 0 amide bonds. The predicted molar refractivity (Wildman–Crippen MR) is 488 cm³/mol. The molecule has 0 bridgehead atoms. The summed E-state index contributed by atoms with van der Waals surface area (Å²) < 4.78 is 0. The fourth-order valence-corrected chi connectivity index (χ4v) is 19.9. The van der Waals surface area contributed by atoms with Gasteiger partial charge in [-0.25, -0.2) is 0 Å². The molecule has 0 radical (unpaired) electrons. The Morgan fingerprint density at radius 3 is 1.19 bits per heavy atom. The van der Waals surface area contributed by atoms with Gasteiger partial charge in [0.15, 0.2) is 0 Å². The second-order valence-electron chi connectivity index (χ2n) is 34.7. The zero-order valence-corrected chi connectivity index (χ0v) is 67.1. The third kappa shape index (κ3) is 12.3. The maximum absolute atomic E-state index is 7.14. The Balaban J connectivity index is 0.612. The highest BCUT2D eigenvalue weighted by atomic mass is 15.1. The van der Waals surface area contributed by atoms with Gasteiger partial charge in [0.25, 0.3) is 0 Å². The fourth-order valence-electron chi connectivity index (χ4n) is 19.9. The number of benzene rings is 16. The highest BCUT2D eigenvalue weighted by Crippen LogP contribution is 2.58. The molecule has 0 spiro atoms. The van der Waals surface area contributed by atoms with Crippen molar-refractivity contribution in [3.05, 3.63) is 430 Å². The van der Waals surface area contributed by atoms with E-state index >= 15 is 0 Å². The van der Waals surface area contributed by atoms with Gasteiger partial charge in [-0.05, 0) is 260 Å². The van der Waals surface area contributed by atoms with Crippen molar-refractivity contribution in [3.63, 3.8) is 0 Å². The quantitative estimate of drug-likeness (QED) is 0.0686. The number of rotatable bonds is 17. The van der Waals surface area contributed by atoms with E-state index in [2.05, 4.69) is 418 Å². The van der Waals surface area contributed by atoms with Crippen molar-refractivity contribution < 1.29 is 0 Å². The predicted octanol–water partition coefficient (Wildman–Crippen LogP) is 27.6. The Labute approximate surface area is 682 Å². The first-order chi connectivity index (χ1) is 56.3. The molecule has 0 fully saturated rings. The van der Waals surface area contributed by atoms with Gasteiger partial charge in [-0.2, -0.15) is 0 Å². The minimum Gasteiger partial charge on any atom is -0.312 e. The van der Waals surface area contributed by atoms with Crippen LogP contribution in [0.2, 0.25) is 0 Å². The molecule has 4 nitrogen and oxygen atoms in total. The van der Waals surface area contributed by atoms with Gasteiger partial charge in [-0.3, -0.25) is 10.6 Å². The van der Waals surface area contributed by atoms with Crippen LogP contribution in [0, 0.1) is 0 Å². The minimum absolute atomic E-state index is 0.112. The van der Waals surface area contributed by atoms with E-state index in [1.807, 2.05) is 12.1 Å². The largest absolute Gasteiger partial charge is 0.312 e. The summed E-state index contributed by atoms with van der Waals surface area (Å²) in [6.45, 7) is 19.1. The summed E-state index contributed by atoms with van der Waals surface area (Å²) in [6, 6.07) is 126. The zero-order chi connectivity index (χ0) is 78.9. The van der Waals surface area contributed by atoms with E-state index in [4.69, 9.17) is 11.5 Å². The lowest BCUT2D eigenvalue weighted by Gasteiger charge is -2.25. The Morgan fingerprint density at radius 1 is 0.233 bits per heavy atom. The fraction of sp³-hybridized carbons (Fsp3) is 0.143. The molecule has 0 aliphatic heterocycles. The van der Waals surface area contributed by atoms with Gasteiger partial charge in [-0.15, -0.1) is 0 Å². The normalized spacial score (nSPS) is 15.6. The molecule has 20 rings (SSSR count). The third-order valence-electron chi connectivity index (χ3n) is 26.4. The Hall–Kier alpha value is -12.6. The summed E-state index contributed by atoms with van der Waals surface area (Å²) in [5, 5.41) is 12.8. The second-order valence-corrected chi connectivity index (χ2v) is 34.7. The van der Waals surface area contributed by atoms with E-state index in [0.29, 0.717) is 0 Å². The minimum atomic E-state index is -0.416. The standard InChI is InChI=1S/C112H94N4/c1-109(2)95-39-22-21-36-87(95)88-56-53-82(67-99(88)109)85-35-19-20-37-91(85)104(116-108(114)74-27-13-10-14-28-74)58-46-70-43-49-72(50-44-70)92-62-84(68-102-106(92)94-61-77-30-16-18-32-79(77)64-101(94)112(102,7)8)81-52-55-90-89-54-51-80(65-97(89)111(5,6)98(90)66-81)75-33-23-34-83(59-75)103(115-107(113)73-25-11-9-12-26-73)57-45-69-41-47-71(48-42-69)86-38-24-40-96-105(86)93-60-76-29-15-17-31-78(76)63-100(93)110(96,3)4/h9-68,103-104,107-108,115-116H,113-114H2,1-8H3/b57-45+,58-46+. The SMILES string of the molecule is CC1(C)c2cc(-c3cccc(C(/C=C/c4ccc(-c5cccc6c5-c5cc7ccccc7cc5C6(C)C)cc4)NC(N)c4ccccc4)c3)ccc2-c2ccc(-c3cc(-c4ccc(/C=C/C(NC(N)c5ccccc5)c5ccccc5-c5ccc6c(c5)C(C)(C)c5ccccc5-6)cc4)c4c(c3)C(C)(C)c3cc5ccccc5cc3-4)cc21. The molecule has 0 aromatic heterocycles. The van der Waals surface area contributed by atoms with Crippen LogP contribution >= 0.6 is 0 Å². The molecule has 116 heavy (non-hydrogen) atoms. The lowest BCUT2D eigenvalue weighted by atomic mass is 9.79. The molecule has 4 aliphatic carbocycles. The van der Waals surface area contributed by atoms with Crippen molar-refractivity contribution in [2.45, 2.75) is 101 Å². The van der Waals surface area contributed by atoms with Crippen molar-refractivity contribution in [2.75, 3.05) is 0 Å². The molecule has 16 aromatic rings. The van der Waals surface area contributed by atoms with Crippen LogP contribution in [0.1, 0.15) is 158 Å². The number of nitrogens with two attached hydrogens (primary N) is 2. The average molecular weight is 1500 g/mol. The first-order valence-corrected chi connectivity index (χ1v) is 41.2. The molecule has 16 aromatic carbocycles. The monoisotopic (exact) mass is 1490 g/mol. The van der Waals surface area contributed by atoms with E-state index in [9.17, 15) is 0 Å². The Kier molecular flexibility index (Phi) is 17.5. The molecular formula is C112H94N4. The number of nitrogens with one attached hydrogen (secondary N) is 2. The molecule has 4 aliphatic rings. The van der Waals surface area contributed by atoms with Crippen LogP contribution in [0.15, 0.2) is 352 Å². The average Bonchev–Trinajstić information content (AvgIpc) is 1.52. The van der Waals surface area contributed by atoms with Gasteiger partial charge in [0.2, 0.25) is 0 Å². The first kappa shape index (κ1) is 72.3. The molecule has 0 heterocycles. The molecule has 4 unspecified atom stereocenters. The summed E-state index contributed by atoms with van der Waals surface area (Å²) in [5.74, 6) is 0. The van der Waals surface area contributed by atoms with Crippen molar-refractivity contribution in [1.82, 2.24) is 10.6 Å². The van der Waals surface area contributed by atoms with Crippen LogP contribution < -0.4 is 22.1 Å². The molecule has 4 heteroatoms. The Morgan fingerprint density at radius 2 is 0.603 bits per heavy atom. The summed E-state index contributed by atoms with van der Waals surface area (Å²) in [7, 11) is 0. The van der Waals surface area contributed by atoms with Crippen LogP contribution in [-0.4, -0.2) is 0 Å². The van der Waals surface area contributed by atoms with Crippen molar-refractivity contribution >= 4 is 33.7 Å². The maximum atomic E-state index is 7.14. The lowest BCUT2D eigenvalue weighted by Crippen LogP contribution is -2.31. The van der Waals surface area contributed by atoms with E-state index in [-0.39, 0.29) is 33.7 Å². The topological polar surface area (TPSA) is 76.1 Å². The molecule has 6 N–H and O–H groups in total. The number of fused-ring (bicyclic) bond motifs is 14. The van der Waals surface area contributed by atoms with Gasteiger partial charge in [-0.1, -0.05) is 359 Å². The van der Waals surface area contributed by atoms with Gasteiger partial charge < -0.3 is 11.5 Å². The van der Waals surface area contributed by atoms with E-state index < -0.39 is 12.3 Å². The van der Waals surface area contributed by atoms with Crippen LogP contribution in [0.4, 0.5) is 0 Å². The first-order valence-electron chi connectivity index (χ1n) is 41.2. The van der Waals surface area contributed by atoms with E-state index in [0.717, 1.165) is 38.9 Å². The number of hydrogen-bond acceptors (Lipinski definition) is 4. The molecule has 0 saturated carbocycles. The zero-order valence-electron chi connectivity index (χ0n) is 67.1. The summed E-state index contributed by atoms with van der Waals surface area (Å²) >= 11 is 0. The molecular weight excluding hydrogens is 1400 g/mol. The van der Waals surface area contributed by atoms with E-state index in [1.165, 1.54) is 161 Å². The van der Waals surface area contributed by atoms with Gasteiger partial charge in [0.1, 0.15) is 0 Å². The maximum Gasteiger partial charge on any atom is 0.0817 e. The van der Waals surface area contributed by atoms with Crippen LogP contribution in [0.25, 0.3) is 134 Å². The molecule has 562 valence electrons. The number of hydrogen-bond donors (Lipinski definition) is 4. The van der Waals surface area contributed by atoms with Crippen molar-refractivity contribution in [2.24, 2.45) is 11.5 Å². The summed E-state index contributed by atoms with van der Waals surface area (Å²) in [6.07, 6.45) is 8.26. The van der Waals surface area contributed by atoms with Crippen LogP contribution in [-0.2, 0) is 21.7 Å². The summed E-state index contributed by atoms with van der Waals surface area (Å²) in [4.78, 5) is 0.